The molecule has 2 aliphatic carbocycles. The summed E-state index contributed by atoms with van der Waals surface area (Å²) in [4.78, 5) is 0. The Kier molecular flexibility index (Phi) is 3.15. The van der Waals surface area contributed by atoms with Gasteiger partial charge in [0.2, 0.25) is 0 Å². The molecule has 1 unspecified atom stereocenters. The number of allylic oxidation sites excluding steroid dienone is 5. The van der Waals surface area contributed by atoms with E-state index in [1.807, 2.05) is 6.07 Å². The van der Waals surface area contributed by atoms with Gasteiger partial charge in [-0.05, 0) is 43.9 Å². The Morgan fingerprint density at radius 2 is 2.10 bits per heavy atom. The van der Waals surface area contributed by atoms with Crippen molar-refractivity contribution in [3.63, 3.8) is 0 Å². The van der Waals surface area contributed by atoms with Gasteiger partial charge in [0, 0.05) is 16.6 Å². The summed E-state index contributed by atoms with van der Waals surface area (Å²) in [5.74, 6) is 1.13. The summed E-state index contributed by atoms with van der Waals surface area (Å²) in [7, 11) is 0. The van der Waals surface area contributed by atoms with Crippen LogP contribution in [0.5, 0.6) is 0 Å². The van der Waals surface area contributed by atoms with Gasteiger partial charge < -0.3 is 9.73 Å². The molecule has 0 bridgehead atoms. The number of fused-ring (bicyclic) bond motifs is 3. The number of aryl methyl sites for hydroxylation is 1. The highest BCUT2D eigenvalue weighted by Crippen LogP contribution is 2.37. The maximum Gasteiger partial charge on any atom is 0.134 e. The highest BCUT2D eigenvalue weighted by atomic mass is 16.3. The van der Waals surface area contributed by atoms with Crippen molar-refractivity contribution in [2.45, 2.75) is 31.7 Å². The summed E-state index contributed by atoms with van der Waals surface area (Å²) in [6.45, 7) is 0. The number of hydrogen-bond acceptors (Lipinski definition) is 2. The molecule has 0 fully saturated rings. The number of furan rings is 1. The van der Waals surface area contributed by atoms with E-state index in [1.165, 1.54) is 23.1 Å². The van der Waals surface area contributed by atoms with Crippen LogP contribution in [0, 0.1) is 0 Å². The third kappa shape index (κ3) is 2.31. The molecule has 1 aromatic carbocycles. The van der Waals surface area contributed by atoms with Gasteiger partial charge >= 0.3 is 0 Å². The number of hydrogen-bond donors (Lipinski definition) is 1. The van der Waals surface area contributed by atoms with Crippen LogP contribution in [0.1, 0.15) is 36.6 Å². The van der Waals surface area contributed by atoms with Gasteiger partial charge in [0.1, 0.15) is 11.3 Å². The molecule has 2 heteroatoms. The summed E-state index contributed by atoms with van der Waals surface area (Å²) < 4.78 is 6.14. The van der Waals surface area contributed by atoms with E-state index in [4.69, 9.17) is 4.42 Å². The smallest absolute Gasteiger partial charge is 0.134 e. The molecule has 0 saturated carbocycles. The van der Waals surface area contributed by atoms with Crippen molar-refractivity contribution < 1.29 is 4.42 Å². The average Bonchev–Trinajstić information content (AvgIpc) is 2.70. The second-order valence-corrected chi connectivity index (χ2v) is 5.72. The standard InChI is InChI=1S/C19H19NO/c1-2-4-9-14(8-3-1)20-17-12-7-11-16-15-10-5-6-13-18(15)21-19(16)17/h1,3-6,8-10,13,17,20H,2,7,11-12H2. The van der Waals surface area contributed by atoms with Gasteiger partial charge in [0.15, 0.2) is 0 Å². The molecule has 2 aromatic rings. The number of para-hydroxylation sites is 1. The van der Waals surface area contributed by atoms with Crippen molar-refractivity contribution >= 4 is 11.0 Å². The molecule has 1 atom stereocenters. The topological polar surface area (TPSA) is 25.2 Å². The molecule has 0 radical (unpaired) electrons. The van der Waals surface area contributed by atoms with Gasteiger partial charge in [-0.3, -0.25) is 0 Å². The van der Waals surface area contributed by atoms with E-state index in [0.29, 0.717) is 0 Å². The molecule has 1 aromatic heterocycles. The van der Waals surface area contributed by atoms with Crippen molar-refractivity contribution in [2.75, 3.05) is 0 Å². The Morgan fingerprint density at radius 3 is 3.10 bits per heavy atom. The Bertz CT molecular complexity index is 748. The van der Waals surface area contributed by atoms with Gasteiger partial charge in [0.05, 0.1) is 6.04 Å². The first-order valence-electron chi connectivity index (χ1n) is 7.72. The zero-order valence-electron chi connectivity index (χ0n) is 12.0. The molecule has 0 saturated heterocycles. The number of benzene rings is 1. The molecule has 0 amide bonds. The quantitative estimate of drug-likeness (QED) is 0.853. The van der Waals surface area contributed by atoms with Crippen LogP contribution in [0.3, 0.4) is 0 Å². The summed E-state index contributed by atoms with van der Waals surface area (Å²) in [5.41, 5.74) is 3.58. The van der Waals surface area contributed by atoms with E-state index >= 15 is 0 Å². The van der Waals surface area contributed by atoms with Crippen molar-refractivity contribution in [3.8, 4) is 0 Å². The van der Waals surface area contributed by atoms with Crippen LogP contribution in [-0.4, -0.2) is 0 Å². The van der Waals surface area contributed by atoms with Crippen LogP contribution in [-0.2, 0) is 6.42 Å². The fourth-order valence-corrected chi connectivity index (χ4v) is 3.29. The molecule has 0 aliphatic heterocycles. The Hall–Kier alpha value is -2.22. The van der Waals surface area contributed by atoms with Crippen molar-refractivity contribution in [2.24, 2.45) is 0 Å². The second-order valence-electron chi connectivity index (χ2n) is 5.72. The lowest BCUT2D eigenvalue weighted by Crippen LogP contribution is -2.23. The first-order chi connectivity index (χ1) is 10.4. The van der Waals surface area contributed by atoms with Crippen LogP contribution in [0.25, 0.3) is 11.0 Å². The van der Waals surface area contributed by atoms with Gasteiger partial charge in [-0.15, -0.1) is 0 Å². The van der Waals surface area contributed by atoms with Crippen LogP contribution >= 0.6 is 0 Å². The minimum atomic E-state index is 0.281. The van der Waals surface area contributed by atoms with Crippen molar-refractivity contribution in [3.05, 3.63) is 71.7 Å². The Morgan fingerprint density at radius 1 is 1.14 bits per heavy atom. The van der Waals surface area contributed by atoms with E-state index in [0.717, 1.165) is 30.6 Å². The lowest BCUT2D eigenvalue weighted by Gasteiger charge is -2.23. The summed E-state index contributed by atoms with van der Waals surface area (Å²) >= 11 is 0. The zero-order valence-corrected chi connectivity index (χ0v) is 12.0. The fourth-order valence-electron chi connectivity index (χ4n) is 3.29. The minimum absolute atomic E-state index is 0.281. The predicted molar refractivity (Wildman–Crippen MR) is 86.0 cm³/mol. The lowest BCUT2D eigenvalue weighted by molar-refractivity contribution is 0.404. The van der Waals surface area contributed by atoms with Gasteiger partial charge in [-0.1, -0.05) is 36.4 Å². The van der Waals surface area contributed by atoms with E-state index in [-0.39, 0.29) is 6.04 Å². The molecule has 0 spiro atoms. The van der Waals surface area contributed by atoms with Gasteiger partial charge in [-0.2, -0.15) is 0 Å². The molecule has 106 valence electrons. The molecule has 21 heavy (non-hydrogen) atoms. The normalized spacial score (nSPS) is 21.0. The lowest BCUT2D eigenvalue weighted by atomic mass is 9.92. The van der Waals surface area contributed by atoms with Crippen LogP contribution in [0.4, 0.5) is 0 Å². The number of nitrogens with one attached hydrogen (secondary N) is 1. The van der Waals surface area contributed by atoms with E-state index < -0.39 is 0 Å². The summed E-state index contributed by atoms with van der Waals surface area (Å²) in [5, 5.41) is 4.93. The molecular weight excluding hydrogens is 258 g/mol. The monoisotopic (exact) mass is 277 g/mol. The van der Waals surface area contributed by atoms with E-state index in [1.54, 1.807) is 0 Å². The minimum Gasteiger partial charge on any atom is -0.459 e. The number of rotatable bonds is 2. The molecule has 2 aliphatic rings. The highest BCUT2D eigenvalue weighted by Gasteiger charge is 2.26. The first kappa shape index (κ1) is 12.5. The van der Waals surface area contributed by atoms with Crippen LogP contribution < -0.4 is 5.32 Å². The third-order valence-corrected chi connectivity index (χ3v) is 4.29. The van der Waals surface area contributed by atoms with Gasteiger partial charge in [0.25, 0.3) is 0 Å². The summed E-state index contributed by atoms with van der Waals surface area (Å²) in [6, 6.07) is 8.66. The average molecular weight is 277 g/mol. The largest absolute Gasteiger partial charge is 0.459 e. The maximum atomic E-state index is 6.14. The molecule has 1 heterocycles. The van der Waals surface area contributed by atoms with Crippen LogP contribution in [0.15, 0.2) is 64.8 Å². The second kappa shape index (κ2) is 5.28. The molecule has 1 N–H and O–H groups in total. The molecular formula is C19H19NO. The SMILES string of the molecule is C1=CCC=CC(NC2CCCc3c2oc2ccccc32)=C1. The highest BCUT2D eigenvalue weighted by molar-refractivity contribution is 5.82. The molecule has 4 rings (SSSR count). The van der Waals surface area contributed by atoms with E-state index in [2.05, 4.69) is 53.9 Å². The van der Waals surface area contributed by atoms with Gasteiger partial charge in [-0.25, -0.2) is 0 Å². The van der Waals surface area contributed by atoms with Crippen molar-refractivity contribution in [1.29, 1.82) is 0 Å². The zero-order chi connectivity index (χ0) is 14.1. The fraction of sp³-hybridized carbons (Fsp3) is 0.263. The predicted octanol–water partition coefficient (Wildman–Crippen LogP) is 4.80. The Balaban J connectivity index is 1.70. The first-order valence-corrected chi connectivity index (χ1v) is 7.72. The third-order valence-electron chi connectivity index (χ3n) is 4.29. The maximum absolute atomic E-state index is 6.14. The van der Waals surface area contributed by atoms with Crippen LogP contribution in [0.2, 0.25) is 0 Å². The Labute approximate surface area is 124 Å². The van der Waals surface area contributed by atoms with E-state index in [9.17, 15) is 0 Å². The van der Waals surface area contributed by atoms with Crippen molar-refractivity contribution in [1.82, 2.24) is 5.32 Å². The molecule has 2 nitrogen and oxygen atoms in total. The summed E-state index contributed by atoms with van der Waals surface area (Å²) in [6.07, 6.45) is 15.2.